The summed E-state index contributed by atoms with van der Waals surface area (Å²) in [4.78, 5) is 0. The zero-order valence-electron chi connectivity index (χ0n) is 12.6. The van der Waals surface area contributed by atoms with Crippen molar-refractivity contribution < 1.29 is 9.84 Å². The summed E-state index contributed by atoms with van der Waals surface area (Å²) in [7, 11) is 1.58. The molecule has 0 fully saturated rings. The van der Waals surface area contributed by atoms with Crippen molar-refractivity contribution in [2.45, 2.75) is 32.3 Å². The van der Waals surface area contributed by atoms with Crippen LogP contribution in [-0.4, -0.2) is 12.2 Å². The summed E-state index contributed by atoms with van der Waals surface area (Å²) in [6.45, 7) is 4.37. The molecule has 0 heterocycles. The Bertz CT molecular complexity index is 593. The van der Waals surface area contributed by atoms with Crippen LogP contribution in [0.15, 0.2) is 42.5 Å². The van der Waals surface area contributed by atoms with Gasteiger partial charge in [0.15, 0.2) is 0 Å². The molecule has 0 aliphatic carbocycles. The second-order valence-corrected chi connectivity index (χ2v) is 5.70. The Morgan fingerprint density at radius 2 is 1.71 bits per heavy atom. The van der Waals surface area contributed by atoms with E-state index >= 15 is 0 Å². The fraction of sp³-hybridized carbons (Fsp3) is 0.333. The molecule has 0 spiro atoms. The molecule has 0 aliphatic heterocycles. The van der Waals surface area contributed by atoms with Crippen LogP contribution in [0, 0.1) is 0 Å². The zero-order chi connectivity index (χ0) is 15.4. The fourth-order valence-corrected chi connectivity index (χ4v) is 2.50. The van der Waals surface area contributed by atoms with E-state index in [0.717, 1.165) is 17.5 Å². The lowest BCUT2D eigenvalue weighted by Gasteiger charge is -2.16. The van der Waals surface area contributed by atoms with Crippen LogP contribution in [0.25, 0.3) is 0 Å². The molecule has 0 aliphatic rings. The van der Waals surface area contributed by atoms with Crippen LogP contribution in [0.4, 0.5) is 0 Å². The number of ether oxygens (including phenoxy) is 1. The normalized spacial score (nSPS) is 13.8. The number of methoxy groups -OCH3 is 1. The quantitative estimate of drug-likeness (QED) is 0.847. The summed E-state index contributed by atoms with van der Waals surface area (Å²) >= 11 is 5.96. The Balaban J connectivity index is 2.29. The average Bonchev–Trinajstić information content (AvgIpc) is 2.53. The van der Waals surface area contributed by atoms with Gasteiger partial charge in [-0.1, -0.05) is 55.8 Å². The summed E-state index contributed by atoms with van der Waals surface area (Å²) in [5.74, 6) is 1.13. The number of benzene rings is 2. The first kappa shape index (κ1) is 15.9. The highest BCUT2D eigenvalue weighted by molar-refractivity contribution is 6.30. The van der Waals surface area contributed by atoms with Gasteiger partial charge in [-0.3, -0.25) is 0 Å². The minimum Gasteiger partial charge on any atom is -0.496 e. The topological polar surface area (TPSA) is 29.5 Å². The number of rotatable bonds is 5. The lowest BCUT2D eigenvalue weighted by atomic mass is 9.94. The van der Waals surface area contributed by atoms with Gasteiger partial charge >= 0.3 is 0 Å². The van der Waals surface area contributed by atoms with Crippen molar-refractivity contribution in [3.63, 3.8) is 0 Å². The predicted molar refractivity (Wildman–Crippen MR) is 87.2 cm³/mol. The van der Waals surface area contributed by atoms with E-state index in [1.54, 1.807) is 25.3 Å². The fourth-order valence-electron chi connectivity index (χ4n) is 2.33. The first-order valence-electron chi connectivity index (χ1n) is 7.18. The molecule has 2 nitrogen and oxygen atoms in total. The SMILES string of the molecule is CCC(C)c1ccc(C(O)c2ccc(Cl)cc2OC)cc1. The monoisotopic (exact) mass is 304 g/mol. The van der Waals surface area contributed by atoms with Crippen molar-refractivity contribution in [1.29, 1.82) is 0 Å². The molecular formula is C18H21ClO2. The molecule has 2 atom stereocenters. The van der Waals surface area contributed by atoms with Gasteiger partial charge in [0.05, 0.1) is 7.11 Å². The van der Waals surface area contributed by atoms with E-state index < -0.39 is 6.10 Å². The van der Waals surface area contributed by atoms with Crippen molar-refractivity contribution in [3.8, 4) is 5.75 Å². The molecular weight excluding hydrogens is 284 g/mol. The van der Waals surface area contributed by atoms with Gasteiger partial charge in [-0.15, -0.1) is 0 Å². The molecule has 0 bridgehead atoms. The Morgan fingerprint density at radius 3 is 2.29 bits per heavy atom. The molecule has 0 aromatic heterocycles. The Morgan fingerprint density at radius 1 is 1.10 bits per heavy atom. The summed E-state index contributed by atoms with van der Waals surface area (Å²) in [6.07, 6.45) is 0.385. The van der Waals surface area contributed by atoms with Gasteiger partial charge in [0.25, 0.3) is 0 Å². The minimum atomic E-state index is -0.719. The average molecular weight is 305 g/mol. The first-order chi connectivity index (χ1) is 10.1. The molecule has 0 radical (unpaired) electrons. The molecule has 21 heavy (non-hydrogen) atoms. The van der Waals surface area contributed by atoms with Crippen molar-refractivity contribution in [3.05, 3.63) is 64.2 Å². The standard InChI is InChI=1S/C18H21ClO2/c1-4-12(2)13-5-7-14(8-6-13)18(20)16-10-9-15(19)11-17(16)21-3/h5-12,18,20H,4H2,1-3H3. The molecule has 1 N–H and O–H groups in total. The third-order valence-corrected chi connectivity index (χ3v) is 4.16. The number of hydrogen-bond donors (Lipinski definition) is 1. The lowest BCUT2D eigenvalue weighted by molar-refractivity contribution is 0.214. The number of aliphatic hydroxyl groups is 1. The van der Waals surface area contributed by atoms with Crippen LogP contribution in [0.5, 0.6) is 5.75 Å². The highest BCUT2D eigenvalue weighted by Gasteiger charge is 2.16. The molecule has 3 heteroatoms. The Kier molecular flexibility index (Phi) is 5.27. The Labute approximate surface area is 131 Å². The first-order valence-corrected chi connectivity index (χ1v) is 7.56. The van der Waals surface area contributed by atoms with E-state index in [9.17, 15) is 5.11 Å². The van der Waals surface area contributed by atoms with Gasteiger partial charge in [-0.2, -0.15) is 0 Å². The van der Waals surface area contributed by atoms with Crippen LogP contribution < -0.4 is 4.74 Å². The second-order valence-electron chi connectivity index (χ2n) is 5.26. The second kappa shape index (κ2) is 6.97. The van der Waals surface area contributed by atoms with Gasteiger partial charge in [0.2, 0.25) is 0 Å². The van der Waals surface area contributed by atoms with Gasteiger partial charge in [-0.05, 0) is 35.6 Å². The highest BCUT2D eigenvalue weighted by atomic mass is 35.5. The van der Waals surface area contributed by atoms with E-state index in [0.29, 0.717) is 16.7 Å². The third kappa shape index (κ3) is 3.58. The summed E-state index contributed by atoms with van der Waals surface area (Å²) < 4.78 is 5.30. The van der Waals surface area contributed by atoms with Crippen molar-refractivity contribution in [2.75, 3.05) is 7.11 Å². The smallest absolute Gasteiger partial charge is 0.126 e. The van der Waals surface area contributed by atoms with Gasteiger partial charge in [0, 0.05) is 10.6 Å². The number of hydrogen-bond acceptors (Lipinski definition) is 2. The molecule has 2 aromatic carbocycles. The molecule has 0 saturated heterocycles. The minimum absolute atomic E-state index is 0.529. The van der Waals surface area contributed by atoms with Crippen LogP contribution in [-0.2, 0) is 0 Å². The van der Waals surface area contributed by atoms with Gasteiger partial charge in [-0.25, -0.2) is 0 Å². The molecule has 112 valence electrons. The van der Waals surface area contributed by atoms with Gasteiger partial charge in [0.1, 0.15) is 11.9 Å². The molecule has 2 unspecified atom stereocenters. The van der Waals surface area contributed by atoms with Crippen molar-refractivity contribution >= 4 is 11.6 Å². The maximum absolute atomic E-state index is 10.6. The Hall–Kier alpha value is -1.51. The van der Waals surface area contributed by atoms with Crippen LogP contribution >= 0.6 is 11.6 Å². The molecule has 2 aromatic rings. The summed E-state index contributed by atoms with van der Waals surface area (Å²) in [6, 6.07) is 13.4. The van der Waals surface area contributed by atoms with Crippen molar-refractivity contribution in [1.82, 2.24) is 0 Å². The van der Waals surface area contributed by atoms with Crippen LogP contribution in [0.1, 0.15) is 49.0 Å². The highest BCUT2D eigenvalue weighted by Crippen LogP contribution is 2.32. The number of halogens is 1. The number of aliphatic hydroxyl groups excluding tert-OH is 1. The van der Waals surface area contributed by atoms with Crippen LogP contribution in [0.3, 0.4) is 0 Å². The van der Waals surface area contributed by atoms with E-state index in [2.05, 4.69) is 26.0 Å². The molecule has 2 rings (SSSR count). The molecule has 0 saturated carbocycles. The largest absolute Gasteiger partial charge is 0.496 e. The predicted octanol–water partition coefficient (Wildman–Crippen LogP) is 4.94. The van der Waals surface area contributed by atoms with Crippen molar-refractivity contribution in [2.24, 2.45) is 0 Å². The third-order valence-electron chi connectivity index (χ3n) is 3.92. The van der Waals surface area contributed by atoms with Crippen LogP contribution in [0.2, 0.25) is 5.02 Å². The maximum atomic E-state index is 10.6. The van der Waals surface area contributed by atoms with E-state index in [4.69, 9.17) is 16.3 Å². The summed E-state index contributed by atoms with van der Waals surface area (Å²) in [5, 5.41) is 11.2. The summed E-state index contributed by atoms with van der Waals surface area (Å²) in [5.41, 5.74) is 2.86. The zero-order valence-corrected chi connectivity index (χ0v) is 13.4. The van der Waals surface area contributed by atoms with Gasteiger partial charge < -0.3 is 9.84 Å². The maximum Gasteiger partial charge on any atom is 0.126 e. The van der Waals surface area contributed by atoms with E-state index in [1.807, 2.05) is 12.1 Å². The van der Waals surface area contributed by atoms with E-state index in [1.165, 1.54) is 5.56 Å². The van der Waals surface area contributed by atoms with E-state index in [-0.39, 0.29) is 0 Å². The lowest BCUT2D eigenvalue weighted by Crippen LogP contribution is -2.03. The molecule has 0 amide bonds.